The topological polar surface area (TPSA) is 96.0 Å². The van der Waals surface area contributed by atoms with E-state index in [2.05, 4.69) is 27.4 Å². The Bertz CT molecular complexity index is 1690. The van der Waals surface area contributed by atoms with E-state index in [9.17, 15) is 14.0 Å². The van der Waals surface area contributed by atoms with Crippen LogP contribution in [0.4, 0.5) is 15.8 Å². The predicted molar refractivity (Wildman–Crippen MR) is 159 cm³/mol. The van der Waals surface area contributed by atoms with Gasteiger partial charge in [0.25, 0.3) is 11.8 Å². The molecule has 0 saturated carbocycles. The van der Waals surface area contributed by atoms with E-state index in [1.165, 1.54) is 36.0 Å². The number of likely N-dealkylation sites (tertiary alicyclic amines) is 2. The Kier molecular flexibility index (Phi) is 7.01. The van der Waals surface area contributed by atoms with Gasteiger partial charge in [0.05, 0.1) is 16.3 Å². The van der Waals surface area contributed by atoms with Gasteiger partial charge < -0.3 is 20.1 Å². The van der Waals surface area contributed by atoms with Crippen molar-refractivity contribution in [2.75, 3.05) is 43.5 Å². The number of nitrogens with zero attached hydrogens (tertiary/aromatic N) is 3. The van der Waals surface area contributed by atoms with Crippen molar-refractivity contribution in [2.24, 2.45) is 0 Å². The molecule has 3 aliphatic rings. The maximum absolute atomic E-state index is 14.7. The van der Waals surface area contributed by atoms with E-state index < -0.39 is 17.6 Å². The number of piperazine rings is 1. The Morgan fingerprint density at radius 3 is 2.57 bits per heavy atom. The zero-order valence-electron chi connectivity index (χ0n) is 23.1. The van der Waals surface area contributed by atoms with Gasteiger partial charge >= 0.3 is 0 Å². The Balaban J connectivity index is 1.02. The van der Waals surface area contributed by atoms with Crippen LogP contribution in [0.15, 0.2) is 54.6 Å². The molecule has 42 heavy (non-hydrogen) atoms. The molecule has 3 aliphatic heterocycles. The van der Waals surface area contributed by atoms with Crippen LogP contribution < -0.4 is 20.1 Å². The van der Waals surface area contributed by atoms with Crippen LogP contribution in [0.2, 0.25) is 0 Å². The lowest BCUT2D eigenvalue weighted by atomic mass is 10.1. The number of carbonyl (C=O) groups is 2. The molecule has 2 aromatic heterocycles. The molecule has 2 saturated heterocycles. The summed E-state index contributed by atoms with van der Waals surface area (Å²) in [5, 5.41) is 6.27. The third kappa shape index (κ3) is 5.19. The number of thiophene rings is 1. The van der Waals surface area contributed by atoms with Crippen molar-refractivity contribution in [1.29, 1.82) is 0 Å². The normalized spacial score (nSPS) is 19.8. The maximum atomic E-state index is 14.7. The number of benzene rings is 2. The molecule has 0 aliphatic carbocycles. The van der Waals surface area contributed by atoms with Crippen molar-refractivity contribution in [2.45, 2.75) is 32.0 Å². The fourth-order valence-corrected chi connectivity index (χ4v) is 6.99. The van der Waals surface area contributed by atoms with E-state index in [0.29, 0.717) is 52.9 Å². The minimum Gasteiger partial charge on any atom is -0.486 e. The second-order valence-corrected chi connectivity index (χ2v) is 11.9. The summed E-state index contributed by atoms with van der Waals surface area (Å²) in [5.74, 6) is -0.364. The summed E-state index contributed by atoms with van der Waals surface area (Å²) in [5.41, 5.74) is 1.66. The number of rotatable bonds is 7. The van der Waals surface area contributed by atoms with E-state index in [1.807, 2.05) is 12.1 Å². The first-order valence-corrected chi connectivity index (χ1v) is 14.9. The molecule has 2 atom stereocenters. The maximum Gasteiger partial charge on any atom is 0.265 e. The highest BCUT2D eigenvalue weighted by atomic mass is 32.1. The summed E-state index contributed by atoms with van der Waals surface area (Å²) in [4.78, 5) is 37.1. The number of anilines is 2. The van der Waals surface area contributed by atoms with Crippen molar-refractivity contribution in [3.05, 3.63) is 76.5 Å². The summed E-state index contributed by atoms with van der Waals surface area (Å²) >= 11 is 1.28. The molecule has 2 fully saturated rings. The lowest BCUT2D eigenvalue weighted by Crippen LogP contribution is -2.45. The molecule has 2 amide bonds. The number of amides is 2. The van der Waals surface area contributed by atoms with Crippen LogP contribution in [-0.2, 0) is 6.54 Å². The third-order valence-electron chi connectivity index (χ3n) is 8.18. The van der Waals surface area contributed by atoms with Gasteiger partial charge in [-0.15, -0.1) is 11.3 Å². The lowest BCUT2D eigenvalue weighted by molar-refractivity contribution is 0.102. The van der Waals surface area contributed by atoms with Gasteiger partial charge in [-0.25, -0.2) is 9.37 Å². The number of hydrogen-bond acceptors (Lipinski definition) is 8. The standard InChI is InChI=1S/C31H30FN5O4S/c1-2-36-16-23-14-22(36)17-37(23)15-21-5-3-19-12-28(42-31(19)34-21)30(39)35-25-13-20(6-7-24(25)32)33-29(38)18-4-8-26-27(11-18)41-10-9-40-26/h3-8,11-13,22-23H,2,9-10,14-17H2,1H3,(H,33,38)(H,35,39)/t22-,23-/m1/s1. The summed E-state index contributed by atoms with van der Waals surface area (Å²) in [7, 11) is 0. The average molecular weight is 588 g/mol. The quantitative estimate of drug-likeness (QED) is 0.315. The molecule has 0 unspecified atom stereocenters. The minimum atomic E-state index is -0.608. The van der Waals surface area contributed by atoms with Crippen LogP contribution in [0.3, 0.4) is 0 Å². The summed E-state index contributed by atoms with van der Waals surface area (Å²) < 4.78 is 25.7. The van der Waals surface area contributed by atoms with Gasteiger partial charge in [-0.05, 0) is 61.5 Å². The highest BCUT2D eigenvalue weighted by molar-refractivity contribution is 7.20. The summed E-state index contributed by atoms with van der Waals surface area (Å²) in [6.07, 6.45) is 1.22. The lowest BCUT2D eigenvalue weighted by Gasteiger charge is -2.33. The molecular formula is C31H30FN5O4S. The van der Waals surface area contributed by atoms with Crippen LogP contribution in [0, 0.1) is 5.82 Å². The van der Waals surface area contributed by atoms with Gasteiger partial charge in [0.15, 0.2) is 11.5 Å². The van der Waals surface area contributed by atoms with Crippen molar-refractivity contribution >= 4 is 44.7 Å². The summed E-state index contributed by atoms with van der Waals surface area (Å²) in [6, 6.07) is 16.0. The Morgan fingerprint density at radius 2 is 1.76 bits per heavy atom. The van der Waals surface area contributed by atoms with Crippen molar-refractivity contribution < 1.29 is 23.5 Å². The van der Waals surface area contributed by atoms with E-state index in [-0.39, 0.29) is 5.69 Å². The molecule has 9 nitrogen and oxygen atoms in total. The second-order valence-electron chi connectivity index (χ2n) is 10.8. The number of ether oxygens (including phenoxy) is 2. The first-order valence-electron chi connectivity index (χ1n) is 14.1. The Hall–Kier alpha value is -4.06. The van der Waals surface area contributed by atoms with E-state index in [0.717, 1.165) is 42.1 Å². The number of fused-ring (bicyclic) bond motifs is 4. The van der Waals surface area contributed by atoms with Gasteiger partial charge in [-0.2, -0.15) is 0 Å². The number of halogens is 1. The zero-order valence-corrected chi connectivity index (χ0v) is 23.9. The van der Waals surface area contributed by atoms with Gasteiger partial charge in [0.1, 0.15) is 23.9 Å². The highest BCUT2D eigenvalue weighted by Gasteiger charge is 2.42. The van der Waals surface area contributed by atoms with Crippen molar-refractivity contribution in [3.8, 4) is 11.5 Å². The highest BCUT2D eigenvalue weighted by Crippen LogP contribution is 2.33. The number of carbonyl (C=O) groups excluding carboxylic acids is 2. The van der Waals surface area contributed by atoms with Crippen LogP contribution >= 0.6 is 11.3 Å². The second kappa shape index (κ2) is 11.0. The third-order valence-corrected chi connectivity index (χ3v) is 9.22. The van der Waals surface area contributed by atoms with Crippen LogP contribution in [-0.4, -0.2) is 71.5 Å². The summed E-state index contributed by atoms with van der Waals surface area (Å²) in [6.45, 7) is 7.17. The SMILES string of the molecule is CCN1C[C@H]2C[C@@H]1CN2Cc1ccc2cc(C(=O)Nc3cc(NC(=O)c4ccc5c(c4)OCCO5)ccc3F)sc2n1. The molecule has 0 radical (unpaired) electrons. The number of hydrogen-bond donors (Lipinski definition) is 2. The molecule has 2 N–H and O–H groups in total. The predicted octanol–water partition coefficient (Wildman–Crippen LogP) is 4.99. The van der Waals surface area contributed by atoms with Crippen molar-refractivity contribution in [3.63, 3.8) is 0 Å². The van der Waals surface area contributed by atoms with Crippen LogP contribution in [0.5, 0.6) is 11.5 Å². The van der Waals surface area contributed by atoms with E-state index in [4.69, 9.17) is 14.5 Å². The molecule has 7 rings (SSSR count). The van der Waals surface area contributed by atoms with Crippen LogP contribution in [0.1, 0.15) is 39.1 Å². The molecule has 2 bridgehead atoms. The molecule has 5 heterocycles. The Labute approximate surface area is 246 Å². The minimum absolute atomic E-state index is 0.0312. The molecule has 216 valence electrons. The number of likely N-dealkylation sites (N-methyl/N-ethyl adjacent to an activating group) is 1. The number of aromatic nitrogens is 1. The molecular weight excluding hydrogens is 557 g/mol. The van der Waals surface area contributed by atoms with Crippen LogP contribution in [0.25, 0.3) is 10.2 Å². The van der Waals surface area contributed by atoms with Gasteiger partial charge in [-0.3, -0.25) is 19.4 Å². The zero-order chi connectivity index (χ0) is 28.8. The Morgan fingerprint density at radius 1 is 0.952 bits per heavy atom. The molecule has 2 aromatic carbocycles. The van der Waals surface area contributed by atoms with E-state index in [1.54, 1.807) is 24.3 Å². The van der Waals surface area contributed by atoms with Gasteiger partial charge in [-0.1, -0.05) is 13.0 Å². The van der Waals surface area contributed by atoms with Crippen molar-refractivity contribution in [1.82, 2.24) is 14.8 Å². The number of pyridine rings is 1. The molecule has 4 aromatic rings. The smallest absolute Gasteiger partial charge is 0.265 e. The van der Waals surface area contributed by atoms with Gasteiger partial charge in [0, 0.05) is 48.4 Å². The first kappa shape index (κ1) is 26.8. The average Bonchev–Trinajstić information content (AvgIpc) is 3.72. The number of nitrogens with one attached hydrogen (secondary N) is 2. The fourth-order valence-electron chi connectivity index (χ4n) is 6.05. The molecule has 0 spiro atoms. The largest absolute Gasteiger partial charge is 0.486 e. The molecule has 11 heteroatoms. The fraction of sp³-hybridized carbons (Fsp3) is 0.323. The van der Waals surface area contributed by atoms with E-state index >= 15 is 0 Å². The monoisotopic (exact) mass is 587 g/mol. The van der Waals surface area contributed by atoms with Gasteiger partial charge in [0.2, 0.25) is 0 Å². The first-order chi connectivity index (χ1) is 20.4.